The number of amides is 2. The summed E-state index contributed by atoms with van der Waals surface area (Å²) in [5.41, 5.74) is 2.16. The highest BCUT2D eigenvalue weighted by Gasteiger charge is 2.29. The number of rotatable bonds is 5. The summed E-state index contributed by atoms with van der Waals surface area (Å²) in [6.45, 7) is 4.00. The molecule has 1 saturated heterocycles. The summed E-state index contributed by atoms with van der Waals surface area (Å²) in [6.07, 6.45) is -0.382. The molecular weight excluding hydrogens is 416 g/mol. The van der Waals surface area contributed by atoms with Crippen LogP contribution in [0.4, 0.5) is 4.39 Å². The van der Waals surface area contributed by atoms with Crippen LogP contribution in [-0.2, 0) is 16.1 Å². The minimum Gasteiger partial charge on any atom is -0.352 e. The van der Waals surface area contributed by atoms with Gasteiger partial charge in [-0.25, -0.2) is 4.39 Å². The quantitative estimate of drug-likeness (QED) is 0.654. The Morgan fingerprint density at radius 2 is 1.93 bits per heavy atom. The molecule has 0 radical (unpaired) electrons. The first-order valence-corrected chi connectivity index (χ1v) is 10.1. The predicted octanol–water partition coefficient (Wildman–Crippen LogP) is 4.25. The Labute approximate surface area is 179 Å². The highest BCUT2D eigenvalue weighted by molar-refractivity contribution is 6.31. The van der Waals surface area contributed by atoms with E-state index in [9.17, 15) is 14.0 Å². The maximum absolute atomic E-state index is 13.9. The zero-order chi connectivity index (χ0) is 21.1. The van der Waals surface area contributed by atoms with Crippen LogP contribution in [0.5, 0.6) is 0 Å². The van der Waals surface area contributed by atoms with Crippen LogP contribution < -0.4 is 16.0 Å². The molecule has 3 N–H and O–H groups in total. The maximum atomic E-state index is 13.9. The number of benzene rings is 2. The molecule has 0 bridgehead atoms. The monoisotopic (exact) mass is 437 g/mol. The molecule has 3 rings (SSSR count). The molecule has 2 aromatic rings. The Morgan fingerprint density at radius 1 is 1.21 bits per heavy atom. The number of hydrogen-bond donors (Lipinski definition) is 3. The van der Waals surface area contributed by atoms with Crippen molar-refractivity contribution in [3.8, 4) is 0 Å². The number of hydrogen-bond acceptors (Lipinski definition) is 3. The fraction of sp³-hybridized carbons (Fsp3) is 0.333. The van der Waals surface area contributed by atoms with Crippen molar-refractivity contribution in [2.24, 2.45) is 5.92 Å². The molecule has 1 aliphatic rings. The second-order valence-electron chi connectivity index (χ2n) is 7.33. The Balaban J connectivity index is 1.81. The Bertz CT molecular complexity index is 936. The number of carbonyl (C=O) groups is 2. The van der Waals surface area contributed by atoms with Crippen LogP contribution in [0.3, 0.4) is 0 Å². The van der Waals surface area contributed by atoms with Crippen molar-refractivity contribution in [3.63, 3.8) is 0 Å². The molecule has 2 aromatic carbocycles. The van der Waals surface area contributed by atoms with Gasteiger partial charge in [-0.1, -0.05) is 49.2 Å². The first-order valence-electron chi connectivity index (χ1n) is 9.31. The Hall–Kier alpha value is -2.15. The molecular formula is C21H22Cl2FN3O2. The molecule has 2 amide bonds. The molecule has 1 heterocycles. The fourth-order valence-corrected chi connectivity index (χ4v) is 3.48. The highest BCUT2D eigenvalue weighted by atomic mass is 35.5. The summed E-state index contributed by atoms with van der Waals surface area (Å²) < 4.78 is 13.9. The van der Waals surface area contributed by atoms with Crippen LogP contribution in [0, 0.1) is 11.7 Å². The summed E-state index contributed by atoms with van der Waals surface area (Å²) in [5, 5.41) is 9.54. The van der Waals surface area contributed by atoms with Gasteiger partial charge in [-0.3, -0.25) is 14.9 Å². The summed E-state index contributed by atoms with van der Waals surface area (Å²) >= 11 is 12.1. The van der Waals surface area contributed by atoms with Crippen molar-refractivity contribution < 1.29 is 14.0 Å². The van der Waals surface area contributed by atoms with Gasteiger partial charge in [-0.15, -0.1) is 0 Å². The van der Waals surface area contributed by atoms with E-state index >= 15 is 0 Å². The second-order valence-corrected chi connectivity index (χ2v) is 8.14. The van der Waals surface area contributed by atoms with Gasteiger partial charge in [0.25, 0.3) is 0 Å². The van der Waals surface area contributed by atoms with E-state index in [1.807, 2.05) is 26.0 Å². The summed E-state index contributed by atoms with van der Waals surface area (Å²) in [7, 11) is 0. The topological polar surface area (TPSA) is 70.2 Å². The molecule has 2 atom stereocenters. The normalized spacial score (nSPS) is 19.2. The molecule has 0 aromatic heterocycles. The van der Waals surface area contributed by atoms with E-state index in [-0.39, 0.29) is 35.2 Å². The van der Waals surface area contributed by atoms with E-state index in [2.05, 4.69) is 16.0 Å². The van der Waals surface area contributed by atoms with Crippen LogP contribution in [0.1, 0.15) is 49.2 Å². The maximum Gasteiger partial charge on any atom is 0.223 e. The standard InChI is InChI=1S/C21H22Cl2FN3O2/c1-11(2)21(29)25-10-12-3-5-15(22)14(7-12)20-26-18(9-19(28)27-20)13-4-6-16(23)17(24)8-13/h3-8,11,18,20,26H,9-10H2,1-2H3,(H,25,29)(H,27,28). The van der Waals surface area contributed by atoms with E-state index < -0.39 is 12.0 Å². The second kappa shape index (κ2) is 9.11. The van der Waals surface area contributed by atoms with Crippen molar-refractivity contribution in [2.45, 2.75) is 39.0 Å². The van der Waals surface area contributed by atoms with Gasteiger partial charge in [-0.05, 0) is 35.4 Å². The van der Waals surface area contributed by atoms with Crippen molar-refractivity contribution in [1.82, 2.24) is 16.0 Å². The average molecular weight is 438 g/mol. The lowest BCUT2D eigenvalue weighted by Gasteiger charge is -2.33. The largest absolute Gasteiger partial charge is 0.352 e. The average Bonchev–Trinajstić information content (AvgIpc) is 2.68. The van der Waals surface area contributed by atoms with E-state index in [1.54, 1.807) is 12.1 Å². The van der Waals surface area contributed by atoms with Crippen LogP contribution in [-0.4, -0.2) is 11.8 Å². The van der Waals surface area contributed by atoms with E-state index in [0.29, 0.717) is 22.7 Å². The van der Waals surface area contributed by atoms with Crippen molar-refractivity contribution in [3.05, 3.63) is 69.0 Å². The van der Waals surface area contributed by atoms with Gasteiger partial charge in [0, 0.05) is 35.5 Å². The van der Waals surface area contributed by atoms with Gasteiger partial charge in [0.2, 0.25) is 11.8 Å². The van der Waals surface area contributed by atoms with Crippen LogP contribution in [0.25, 0.3) is 0 Å². The van der Waals surface area contributed by atoms with Gasteiger partial charge in [0.15, 0.2) is 0 Å². The van der Waals surface area contributed by atoms with Gasteiger partial charge in [-0.2, -0.15) is 0 Å². The predicted molar refractivity (Wildman–Crippen MR) is 111 cm³/mol. The van der Waals surface area contributed by atoms with Crippen molar-refractivity contribution in [2.75, 3.05) is 0 Å². The third-order valence-electron chi connectivity index (χ3n) is 4.77. The third-order valence-corrected chi connectivity index (χ3v) is 5.42. The lowest BCUT2D eigenvalue weighted by Crippen LogP contribution is -2.46. The molecule has 5 nitrogen and oxygen atoms in total. The van der Waals surface area contributed by atoms with Crippen LogP contribution in [0.2, 0.25) is 10.0 Å². The first kappa shape index (κ1) is 21.6. The summed E-state index contributed by atoms with van der Waals surface area (Å²) in [4.78, 5) is 24.1. The molecule has 0 saturated carbocycles. The van der Waals surface area contributed by atoms with Gasteiger partial charge in [0.1, 0.15) is 12.0 Å². The smallest absolute Gasteiger partial charge is 0.223 e. The van der Waals surface area contributed by atoms with Crippen molar-refractivity contribution in [1.29, 1.82) is 0 Å². The Morgan fingerprint density at radius 3 is 2.62 bits per heavy atom. The molecule has 1 fully saturated rings. The van der Waals surface area contributed by atoms with Gasteiger partial charge in [0.05, 0.1) is 5.02 Å². The molecule has 8 heteroatoms. The van der Waals surface area contributed by atoms with Crippen LogP contribution in [0.15, 0.2) is 36.4 Å². The zero-order valence-electron chi connectivity index (χ0n) is 16.1. The fourth-order valence-electron chi connectivity index (χ4n) is 3.14. The van der Waals surface area contributed by atoms with Crippen LogP contribution >= 0.6 is 23.2 Å². The lowest BCUT2D eigenvalue weighted by molar-refractivity contribution is -0.125. The third kappa shape index (κ3) is 5.26. The van der Waals surface area contributed by atoms with E-state index in [4.69, 9.17) is 23.2 Å². The number of halogens is 3. The first-order chi connectivity index (χ1) is 13.7. The minimum absolute atomic E-state index is 0.0322. The lowest BCUT2D eigenvalue weighted by atomic mass is 9.98. The van der Waals surface area contributed by atoms with E-state index in [1.165, 1.54) is 12.1 Å². The number of carbonyl (C=O) groups excluding carboxylic acids is 2. The molecule has 2 unspecified atom stereocenters. The van der Waals surface area contributed by atoms with E-state index in [0.717, 1.165) is 5.56 Å². The zero-order valence-corrected chi connectivity index (χ0v) is 17.6. The molecule has 0 aliphatic carbocycles. The highest BCUT2D eigenvalue weighted by Crippen LogP contribution is 2.31. The molecule has 29 heavy (non-hydrogen) atoms. The summed E-state index contributed by atoms with van der Waals surface area (Å²) in [5.74, 6) is -0.866. The van der Waals surface area contributed by atoms with Gasteiger partial charge >= 0.3 is 0 Å². The molecule has 154 valence electrons. The SMILES string of the molecule is CC(C)C(=O)NCc1ccc(Cl)c(C2NC(=O)CC(c3ccc(Cl)c(F)c3)N2)c1. The molecule has 0 spiro atoms. The van der Waals surface area contributed by atoms with Crippen molar-refractivity contribution >= 4 is 35.0 Å². The number of nitrogens with one attached hydrogen (secondary N) is 3. The summed E-state index contributed by atoms with van der Waals surface area (Å²) in [6, 6.07) is 9.50. The Kier molecular flexibility index (Phi) is 6.77. The molecule has 1 aliphatic heterocycles. The minimum atomic E-state index is -0.548. The van der Waals surface area contributed by atoms with Gasteiger partial charge < -0.3 is 10.6 Å².